The molecule has 1 fully saturated rings. The third-order valence-corrected chi connectivity index (χ3v) is 8.12. The van der Waals surface area contributed by atoms with Gasteiger partial charge in [-0.3, -0.25) is 33.4 Å². The number of rotatable bonds is 14. The summed E-state index contributed by atoms with van der Waals surface area (Å²) in [6, 6.07) is 6.50. The summed E-state index contributed by atoms with van der Waals surface area (Å²) in [5.74, 6) is -3.65. The molecule has 6 atom stereocenters. The van der Waals surface area contributed by atoms with Gasteiger partial charge in [0.25, 0.3) is 0 Å². The summed E-state index contributed by atoms with van der Waals surface area (Å²) in [6.07, 6.45) is -3.68. The standard InChI is InChI=1S/C29H38N5O12P/c1-7-22(37)42-24-25(43-23(38)8-2)29(32-33-30,44-26(24)34-15-14-19(35)16-21(34)36)17-41-47(40,46-20-12-10-9-11-13-20)31-18(3)27(39)45-28(4,5)6/h9-15,18,24-26H,7-8,16-17H2,1-6H3,(H,31,40)/t18-,24+,25-,26+,29+,47?/m0/s1. The van der Waals surface area contributed by atoms with E-state index >= 15 is 0 Å². The van der Waals surface area contributed by atoms with Gasteiger partial charge in [0.05, 0.1) is 13.0 Å². The van der Waals surface area contributed by atoms with Gasteiger partial charge in [0.2, 0.25) is 11.6 Å². The van der Waals surface area contributed by atoms with Gasteiger partial charge in [-0.25, -0.2) is 4.57 Å². The van der Waals surface area contributed by atoms with Gasteiger partial charge in [-0.2, -0.15) is 5.09 Å². The number of carbonyl (C=O) groups excluding carboxylic acids is 5. The molecule has 0 radical (unpaired) electrons. The Hall–Kier alpha value is -4.27. The Kier molecular flexibility index (Phi) is 12.3. The predicted octanol–water partition coefficient (Wildman–Crippen LogP) is 3.83. The van der Waals surface area contributed by atoms with Crippen LogP contribution in [0, 0.1) is 0 Å². The van der Waals surface area contributed by atoms with Crippen molar-refractivity contribution in [2.24, 2.45) is 5.11 Å². The van der Waals surface area contributed by atoms with Crippen molar-refractivity contribution in [3.63, 3.8) is 0 Å². The van der Waals surface area contributed by atoms with Crippen LogP contribution in [-0.2, 0) is 52.0 Å². The molecule has 0 bridgehead atoms. The fraction of sp³-hybridized carbons (Fsp3) is 0.552. The van der Waals surface area contributed by atoms with Crippen molar-refractivity contribution in [2.75, 3.05) is 6.61 Å². The second-order valence-corrected chi connectivity index (χ2v) is 13.1. The van der Waals surface area contributed by atoms with Crippen LogP contribution in [0.2, 0.25) is 0 Å². The van der Waals surface area contributed by atoms with E-state index in [4.69, 9.17) is 28.0 Å². The lowest BCUT2D eigenvalue weighted by Crippen LogP contribution is -2.50. The van der Waals surface area contributed by atoms with Crippen molar-refractivity contribution >= 4 is 37.3 Å². The number of azide groups is 1. The van der Waals surface area contributed by atoms with E-state index < -0.39 is 86.2 Å². The molecule has 0 spiro atoms. The van der Waals surface area contributed by atoms with Crippen LogP contribution in [0.4, 0.5) is 0 Å². The number of ether oxygens (including phenoxy) is 4. The van der Waals surface area contributed by atoms with Gasteiger partial charge in [-0.05, 0) is 51.4 Å². The van der Waals surface area contributed by atoms with E-state index in [1.54, 1.807) is 39.0 Å². The van der Waals surface area contributed by atoms with Crippen molar-refractivity contribution in [1.82, 2.24) is 9.99 Å². The highest BCUT2D eigenvalue weighted by molar-refractivity contribution is 7.52. The molecular formula is C29H38N5O12P. The number of hydrogen-bond donors (Lipinski definition) is 1. The zero-order chi connectivity index (χ0) is 35.0. The Bertz CT molecular complexity index is 1480. The molecule has 1 aromatic rings. The van der Waals surface area contributed by atoms with Gasteiger partial charge in [0, 0.05) is 24.0 Å². The smallest absolute Gasteiger partial charge is 0.459 e. The summed E-state index contributed by atoms with van der Waals surface area (Å²) in [7, 11) is -4.63. The van der Waals surface area contributed by atoms with Crippen molar-refractivity contribution in [3.8, 4) is 5.75 Å². The molecule has 17 nitrogen and oxygen atoms in total. The first-order valence-corrected chi connectivity index (χ1v) is 16.2. The van der Waals surface area contributed by atoms with Crippen LogP contribution in [-0.4, -0.2) is 76.9 Å². The minimum Gasteiger partial charge on any atom is -0.459 e. The topological polar surface area (TPSA) is 222 Å². The molecule has 0 saturated carbocycles. The van der Waals surface area contributed by atoms with Gasteiger partial charge >= 0.3 is 25.7 Å². The van der Waals surface area contributed by atoms with E-state index in [0.29, 0.717) is 0 Å². The third-order valence-electron chi connectivity index (χ3n) is 6.50. The van der Waals surface area contributed by atoms with Crippen LogP contribution in [0.5, 0.6) is 5.75 Å². The Labute approximate surface area is 271 Å². The van der Waals surface area contributed by atoms with E-state index in [0.717, 1.165) is 17.2 Å². The number of nitrogens with zero attached hydrogens (tertiary/aromatic N) is 4. The fourth-order valence-electron chi connectivity index (χ4n) is 4.35. The van der Waals surface area contributed by atoms with Crippen molar-refractivity contribution in [1.29, 1.82) is 0 Å². The molecule has 1 saturated heterocycles. The number of esters is 3. The lowest BCUT2D eigenvalue weighted by Gasteiger charge is -2.32. The van der Waals surface area contributed by atoms with Crippen LogP contribution in [0.3, 0.4) is 0 Å². The highest BCUT2D eigenvalue weighted by atomic mass is 31.2. The second kappa shape index (κ2) is 15.5. The number of allylic oxidation sites excluding steroid dienone is 1. The maximum atomic E-state index is 14.3. The molecule has 2 heterocycles. The number of ketones is 1. The van der Waals surface area contributed by atoms with Crippen LogP contribution >= 0.6 is 7.75 Å². The van der Waals surface area contributed by atoms with Crippen LogP contribution < -0.4 is 9.61 Å². The molecule has 1 amide bonds. The van der Waals surface area contributed by atoms with Gasteiger partial charge in [0.1, 0.15) is 17.4 Å². The van der Waals surface area contributed by atoms with E-state index in [9.17, 15) is 34.1 Å². The summed E-state index contributed by atoms with van der Waals surface area (Å²) < 4.78 is 48.3. The molecule has 2 aliphatic heterocycles. The molecule has 3 rings (SSSR count). The third kappa shape index (κ3) is 9.86. The van der Waals surface area contributed by atoms with Gasteiger partial charge in [-0.15, -0.1) is 0 Å². The average molecular weight is 680 g/mol. The lowest BCUT2D eigenvalue weighted by atomic mass is 10.0. The summed E-state index contributed by atoms with van der Waals surface area (Å²) in [5.41, 5.74) is 6.32. The highest BCUT2D eigenvalue weighted by Gasteiger charge is 2.62. The molecule has 47 heavy (non-hydrogen) atoms. The molecular weight excluding hydrogens is 641 g/mol. The number of para-hydroxylation sites is 1. The lowest BCUT2D eigenvalue weighted by molar-refractivity contribution is -0.172. The Balaban J connectivity index is 2.09. The highest BCUT2D eigenvalue weighted by Crippen LogP contribution is 2.48. The van der Waals surface area contributed by atoms with Crippen molar-refractivity contribution < 1.29 is 56.5 Å². The maximum Gasteiger partial charge on any atom is 0.459 e. The quantitative estimate of drug-likeness (QED) is 0.0562. The first kappa shape index (κ1) is 37.2. The van der Waals surface area contributed by atoms with Crippen LogP contribution in [0.1, 0.15) is 60.8 Å². The summed E-state index contributed by atoms with van der Waals surface area (Å²) in [5, 5.41) is 6.20. The van der Waals surface area contributed by atoms with Crippen LogP contribution in [0.25, 0.3) is 10.4 Å². The van der Waals surface area contributed by atoms with E-state index in [-0.39, 0.29) is 18.6 Å². The molecule has 2 aliphatic rings. The van der Waals surface area contributed by atoms with Crippen molar-refractivity contribution in [2.45, 2.75) is 96.6 Å². The minimum atomic E-state index is -4.63. The summed E-state index contributed by atoms with van der Waals surface area (Å²) >= 11 is 0. The van der Waals surface area contributed by atoms with Gasteiger partial charge < -0.3 is 23.5 Å². The molecule has 0 aromatic heterocycles. The molecule has 1 unspecified atom stereocenters. The first-order valence-electron chi connectivity index (χ1n) is 14.7. The first-order chi connectivity index (χ1) is 22.0. The fourth-order valence-corrected chi connectivity index (χ4v) is 5.86. The normalized spacial score (nSPS) is 24.5. The zero-order valence-corrected chi connectivity index (χ0v) is 27.7. The van der Waals surface area contributed by atoms with E-state index in [1.165, 1.54) is 32.9 Å². The van der Waals surface area contributed by atoms with Crippen molar-refractivity contribution in [3.05, 3.63) is 53.1 Å². The second-order valence-electron chi connectivity index (χ2n) is 11.4. The minimum absolute atomic E-state index is 0.0557. The zero-order valence-electron chi connectivity index (χ0n) is 26.8. The number of hydrogen-bond acceptors (Lipinski definition) is 13. The molecule has 1 aromatic carbocycles. The Morgan fingerprint density at radius 2 is 1.79 bits per heavy atom. The van der Waals surface area contributed by atoms with Crippen LogP contribution in [0.15, 0.2) is 47.7 Å². The number of amides is 1. The molecule has 256 valence electrons. The Morgan fingerprint density at radius 1 is 1.15 bits per heavy atom. The number of benzene rings is 1. The maximum absolute atomic E-state index is 14.3. The Morgan fingerprint density at radius 3 is 2.36 bits per heavy atom. The summed E-state index contributed by atoms with van der Waals surface area (Å²) in [4.78, 5) is 66.6. The molecule has 1 N–H and O–H groups in total. The monoisotopic (exact) mass is 679 g/mol. The number of carbonyl (C=O) groups is 5. The number of nitrogens with one attached hydrogen (secondary N) is 1. The molecule has 18 heteroatoms. The predicted molar refractivity (Wildman–Crippen MR) is 162 cm³/mol. The SMILES string of the molecule is CCC(=O)O[C@H]1[C@H](N2C=CC(=O)CC2=O)O[C@@](COP(=O)(N[C@@H](C)C(=O)OC(C)(C)C)Oc2ccccc2)(N=[N+]=[N-])[C@H]1OC(=O)CC. The molecule has 0 aliphatic carbocycles. The van der Waals surface area contributed by atoms with E-state index in [2.05, 4.69) is 15.1 Å². The average Bonchev–Trinajstić information content (AvgIpc) is 3.27. The van der Waals surface area contributed by atoms with E-state index in [1.807, 2.05) is 0 Å². The van der Waals surface area contributed by atoms with Gasteiger partial charge in [-0.1, -0.05) is 37.2 Å². The largest absolute Gasteiger partial charge is 0.459 e. The summed E-state index contributed by atoms with van der Waals surface area (Å²) in [6.45, 7) is 8.25. The van der Waals surface area contributed by atoms with Gasteiger partial charge in [0.15, 0.2) is 24.2 Å².